The van der Waals surface area contributed by atoms with Crippen molar-refractivity contribution in [1.29, 1.82) is 0 Å². The number of rotatable bonds is 5. The minimum absolute atomic E-state index is 0.259. The predicted molar refractivity (Wildman–Crippen MR) is 118 cm³/mol. The molecule has 7 nitrogen and oxygen atoms in total. The first-order chi connectivity index (χ1) is 13.5. The molecule has 1 N–H and O–H groups in total. The molecule has 28 heavy (non-hydrogen) atoms. The monoisotopic (exact) mass is 504 g/mol. The normalized spacial score (nSPS) is 11.1. The summed E-state index contributed by atoms with van der Waals surface area (Å²) in [5.41, 5.74) is 4.66. The number of aryl methyl sites for hydroxylation is 2. The molecule has 0 atom stereocenters. The van der Waals surface area contributed by atoms with Crippen LogP contribution in [-0.2, 0) is 12.8 Å². The fourth-order valence-electron chi connectivity index (χ4n) is 2.78. The summed E-state index contributed by atoms with van der Waals surface area (Å²) in [5, 5.41) is 15.2. The van der Waals surface area contributed by atoms with Crippen LogP contribution in [0.25, 0.3) is 16.9 Å². The quantitative estimate of drug-likeness (QED) is 0.332. The third-order valence-corrected chi connectivity index (χ3v) is 6.72. The maximum atomic E-state index is 12.2. The van der Waals surface area contributed by atoms with Crippen molar-refractivity contribution in [1.82, 2.24) is 30.0 Å². The van der Waals surface area contributed by atoms with Crippen molar-refractivity contribution < 1.29 is 0 Å². The SMILES string of the molecule is Cc1[nH]nc(-c2ccc(SCc3ccccc3-n3nnn(C)c3=O)cc2)c1I. The molecule has 0 spiro atoms. The van der Waals surface area contributed by atoms with Gasteiger partial charge in [0.05, 0.1) is 9.26 Å². The lowest BCUT2D eigenvalue weighted by atomic mass is 10.1. The van der Waals surface area contributed by atoms with Crippen molar-refractivity contribution >= 4 is 34.4 Å². The maximum Gasteiger partial charge on any atom is 0.368 e. The molecular weight excluding hydrogens is 487 g/mol. The highest BCUT2D eigenvalue weighted by atomic mass is 127. The number of hydrogen-bond donors (Lipinski definition) is 1. The average molecular weight is 504 g/mol. The molecule has 0 aliphatic rings. The van der Waals surface area contributed by atoms with Gasteiger partial charge in [0.15, 0.2) is 0 Å². The molecule has 2 aromatic carbocycles. The van der Waals surface area contributed by atoms with Crippen LogP contribution in [0.1, 0.15) is 11.3 Å². The zero-order chi connectivity index (χ0) is 19.7. The Hall–Kier alpha value is -2.40. The van der Waals surface area contributed by atoms with Crippen LogP contribution in [0.15, 0.2) is 58.2 Å². The second kappa shape index (κ2) is 7.92. The first-order valence-electron chi connectivity index (χ1n) is 8.55. The Balaban J connectivity index is 1.53. The van der Waals surface area contributed by atoms with Gasteiger partial charge in [0.25, 0.3) is 0 Å². The Bertz CT molecular complexity index is 1180. The van der Waals surface area contributed by atoms with Crippen molar-refractivity contribution in [2.75, 3.05) is 0 Å². The summed E-state index contributed by atoms with van der Waals surface area (Å²) >= 11 is 4.02. The van der Waals surface area contributed by atoms with Gasteiger partial charge in [-0.2, -0.15) is 14.5 Å². The number of benzene rings is 2. The molecule has 2 heterocycles. The smallest absolute Gasteiger partial charge is 0.281 e. The summed E-state index contributed by atoms with van der Waals surface area (Å²) in [6, 6.07) is 16.1. The van der Waals surface area contributed by atoms with Crippen LogP contribution in [0, 0.1) is 10.5 Å². The topological polar surface area (TPSA) is 81.4 Å². The Labute approximate surface area is 179 Å². The molecule has 142 valence electrons. The van der Waals surface area contributed by atoms with Crippen LogP contribution in [0.4, 0.5) is 0 Å². The van der Waals surface area contributed by atoms with E-state index in [0.29, 0.717) is 0 Å². The minimum atomic E-state index is -0.259. The summed E-state index contributed by atoms with van der Waals surface area (Å²) in [6.45, 7) is 2.02. The largest absolute Gasteiger partial charge is 0.368 e. The van der Waals surface area contributed by atoms with Gasteiger partial charge in [-0.15, -0.1) is 11.8 Å². The Morgan fingerprint density at radius 3 is 2.50 bits per heavy atom. The van der Waals surface area contributed by atoms with Gasteiger partial charge >= 0.3 is 5.69 Å². The van der Waals surface area contributed by atoms with E-state index in [0.717, 1.165) is 42.4 Å². The number of H-pyrrole nitrogens is 1. The van der Waals surface area contributed by atoms with E-state index in [-0.39, 0.29) is 5.69 Å². The van der Waals surface area contributed by atoms with Crippen LogP contribution >= 0.6 is 34.4 Å². The molecule has 2 aromatic heterocycles. The summed E-state index contributed by atoms with van der Waals surface area (Å²) in [7, 11) is 1.59. The van der Waals surface area contributed by atoms with Crippen molar-refractivity contribution in [2.24, 2.45) is 7.05 Å². The van der Waals surface area contributed by atoms with E-state index in [2.05, 4.69) is 67.5 Å². The number of tetrazole rings is 1. The molecule has 0 aliphatic carbocycles. The van der Waals surface area contributed by atoms with Crippen LogP contribution < -0.4 is 5.69 Å². The molecule has 0 amide bonds. The number of aromatic amines is 1. The first-order valence-corrected chi connectivity index (χ1v) is 10.6. The Kier molecular flexibility index (Phi) is 5.36. The van der Waals surface area contributed by atoms with Crippen LogP contribution in [-0.4, -0.2) is 30.0 Å². The van der Waals surface area contributed by atoms with Gasteiger partial charge in [-0.05, 0) is 63.7 Å². The standard InChI is InChI=1S/C19H17IN6OS/c1-12-17(20)18(22-21-12)13-7-9-15(10-8-13)28-11-14-5-3-4-6-16(14)26-19(27)25(2)23-24-26/h3-10H,11H2,1-2H3,(H,21,22). The number of hydrogen-bond acceptors (Lipinski definition) is 5. The molecular formula is C19H17IN6OS. The van der Waals surface area contributed by atoms with E-state index in [1.165, 1.54) is 9.36 Å². The van der Waals surface area contributed by atoms with Gasteiger partial charge in [0, 0.05) is 29.0 Å². The molecule has 0 radical (unpaired) electrons. The molecule has 4 aromatic rings. The molecule has 4 rings (SSSR count). The Morgan fingerprint density at radius 1 is 1.11 bits per heavy atom. The van der Waals surface area contributed by atoms with Crippen molar-refractivity contribution in [3.8, 4) is 16.9 Å². The number of nitrogens with one attached hydrogen (secondary N) is 1. The van der Waals surface area contributed by atoms with Crippen molar-refractivity contribution in [3.63, 3.8) is 0 Å². The van der Waals surface area contributed by atoms with E-state index in [4.69, 9.17) is 0 Å². The molecule has 0 saturated carbocycles. The van der Waals surface area contributed by atoms with Gasteiger partial charge in [0.1, 0.15) is 5.69 Å². The van der Waals surface area contributed by atoms with Crippen LogP contribution in [0.2, 0.25) is 0 Å². The van der Waals surface area contributed by atoms with Crippen LogP contribution in [0.5, 0.6) is 0 Å². The Morgan fingerprint density at radius 2 is 1.86 bits per heavy atom. The lowest BCUT2D eigenvalue weighted by Crippen LogP contribution is -2.22. The van der Waals surface area contributed by atoms with Crippen molar-refractivity contribution in [3.05, 3.63) is 73.8 Å². The molecule has 0 fully saturated rings. The molecule has 9 heteroatoms. The molecule has 0 aliphatic heterocycles. The molecule has 0 bridgehead atoms. The van der Waals surface area contributed by atoms with E-state index < -0.39 is 0 Å². The van der Waals surface area contributed by atoms with Crippen LogP contribution in [0.3, 0.4) is 0 Å². The second-order valence-electron chi connectivity index (χ2n) is 6.25. The van der Waals surface area contributed by atoms with E-state index in [9.17, 15) is 4.79 Å². The zero-order valence-electron chi connectivity index (χ0n) is 15.3. The molecule has 0 saturated heterocycles. The number of aromatic nitrogens is 6. The number of halogens is 1. The highest BCUT2D eigenvalue weighted by molar-refractivity contribution is 14.1. The zero-order valence-corrected chi connectivity index (χ0v) is 18.2. The number of thioether (sulfide) groups is 1. The first kappa shape index (κ1) is 18.9. The summed E-state index contributed by atoms with van der Waals surface area (Å²) in [5.74, 6) is 0.720. The number of nitrogens with zero attached hydrogens (tertiary/aromatic N) is 5. The van der Waals surface area contributed by atoms with Gasteiger partial charge in [-0.3, -0.25) is 5.10 Å². The van der Waals surface area contributed by atoms with E-state index in [1.54, 1.807) is 18.8 Å². The van der Waals surface area contributed by atoms with Gasteiger partial charge in [-0.1, -0.05) is 30.3 Å². The van der Waals surface area contributed by atoms with E-state index in [1.807, 2.05) is 31.2 Å². The highest BCUT2D eigenvalue weighted by Crippen LogP contribution is 2.29. The van der Waals surface area contributed by atoms with Gasteiger partial charge in [-0.25, -0.2) is 4.79 Å². The molecule has 0 unspecified atom stereocenters. The minimum Gasteiger partial charge on any atom is -0.281 e. The average Bonchev–Trinajstić information content (AvgIpc) is 3.23. The second-order valence-corrected chi connectivity index (χ2v) is 8.38. The fraction of sp³-hybridized carbons (Fsp3) is 0.158. The third kappa shape index (κ3) is 3.63. The fourth-order valence-corrected chi connectivity index (χ4v) is 4.23. The third-order valence-electron chi connectivity index (χ3n) is 4.34. The van der Waals surface area contributed by atoms with Crippen molar-refractivity contribution in [2.45, 2.75) is 17.6 Å². The lowest BCUT2D eigenvalue weighted by molar-refractivity contribution is 0.692. The summed E-state index contributed by atoms with van der Waals surface area (Å²) in [6.07, 6.45) is 0. The maximum absolute atomic E-state index is 12.2. The predicted octanol–water partition coefficient (Wildman–Crippen LogP) is 3.56. The summed E-state index contributed by atoms with van der Waals surface area (Å²) in [4.78, 5) is 13.3. The lowest BCUT2D eigenvalue weighted by Gasteiger charge is -2.08. The highest BCUT2D eigenvalue weighted by Gasteiger charge is 2.12. The van der Waals surface area contributed by atoms with Gasteiger partial charge in [0.2, 0.25) is 0 Å². The number of para-hydroxylation sites is 1. The summed E-state index contributed by atoms with van der Waals surface area (Å²) < 4.78 is 3.70. The van der Waals surface area contributed by atoms with Gasteiger partial charge < -0.3 is 0 Å². The van der Waals surface area contributed by atoms with E-state index >= 15 is 0 Å².